The van der Waals surface area contributed by atoms with E-state index in [1.54, 1.807) is 0 Å². The highest BCUT2D eigenvalue weighted by Crippen LogP contribution is 2.34. The molecule has 1 atom stereocenters. The van der Waals surface area contributed by atoms with E-state index in [1.807, 2.05) is 0 Å². The van der Waals surface area contributed by atoms with E-state index in [2.05, 4.69) is 10.6 Å². The standard InChI is InChI=1S/C17H18ClF3N4O5S/c18-11-2-1-10(17(19,20)21)9-13(11)31(29,30)25-7-5-24(6-8-25)14(26)4-3-12-15(27)23-16(28)22-12/h1-2,9,12H,3-8H2,(H2,22,23,27,28). The lowest BCUT2D eigenvalue weighted by molar-refractivity contribution is -0.138. The van der Waals surface area contributed by atoms with Crippen LogP contribution in [0.25, 0.3) is 0 Å². The van der Waals surface area contributed by atoms with Crippen LogP contribution in [0.2, 0.25) is 5.02 Å². The van der Waals surface area contributed by atoms with E-state index >= 15 is 0 Å². The molecular weight excluding hydrogens is 465 g/mol. The molecule has 14 heteroatoms. The highest BCUT2D eigenvalue weighted by molar-refractivity contribution is 7.89. The first kappa shape index (κ1) is 23.3. The highest BCUT2D eigenvalue weighted by Gasteiger charge is 2.36. The minimum absolute atomic E-state index is 0.0257. The fourth-order valence-electron chi connectivity index (χ4n) is 3.28. The van der Waals surface area contributed by atoms with Gasteiger partial charge >= 0.3 is 12.2 Å². The van der Waals surface area contributed by atoms with Crippen molar-refractivity contribution in [3.8, 4) is 0 Å². The Morgan fingerprint density at radius 2 is 1.81 bits per heavy atom. The summed E-state index contributed by atoms with van der Waals surface area (Å²) in [6.45, 7) is -0.196. The highest BCUT2D eigenvalue weighted by atomic mass is 35.5. The van der Waals surface area contributed by atoms with E-state index in [9.17, 15) is 36.0 Å². The lowest BCUT2D eigenvalue weighted by Gasteiger charge is -2.34. The van der Waals surface area contributed by atoms with Gasteiger partial charge in [-0.3, -0.25) is 14.9 Å². The Morgan fingerprint density at radius 1 is 1.16 bits per heavy atom. The molecule has 0 spiro atoms. The normalized spacial score (nSPS) is 20.5. The van der Waals surface area contributed by atoms with Gasteiger partial charge in [0.2, 0.25) is 15.9 Å². The Balaban J connectivity index is 1.62. The fraction of sp³-hybridized carbons (Fsp3) is 0.471. The van der Waals surface area contributed by atoms with Crippen molar-refractivity contribution in [3.63, 3.8) is 0 Å². The number of carbonyl (C=O) groups is 3. The number of nitrogens with zero attached hydrogens (tertiary/aromatic N) is 2. The quantitative estimate of drug-likeness (QED) is 0.611. The lowest BCUT2D eigenvalue weighted by atomic mass is 10.1. The molecule has 9 nitrogen and oxygen atoms in total. The zero-order valence-corrected chi connectivity index (χ0v) is 17.5. The van der Waals surface area contributed by atoms with E-state index in [4.69, 9.17) is 11.6 Å². The number of rotatable bonds is 5. The number of hydrogen-bond donors (Lipinski definition) is 2. The Kier molecular flexibility index (Phi) is 6.48. The summed E-state index contributed by atoms with van der Waals surface area (Å²) in [4.78, 5) is 35.7. The van der Waals surface area contributed by atoms with Crippen LogP contribution in [0.15, 0.2) is 23.1 Å². The first-order valence-corrected chi connectivity index (χ1v) is 11.0. The number of benzene rings is 1. The van der Waals surface area contributed by atoms with Gasteiger partial charge in [0.1, 0.15) is 10.9 Å². The summed E-state index contributed by atoms with van der Waals surface area (Å²) in [5.41, 5.74) is -1.13. The lowest BCUT2D eigenvalue weighted by Crippen LogP contribution is -2.50. The Bertz CT molecular complexity index is 1010. The predicted octanol–water partition coefficient (Wildman–Crippen LogP) is 1.18. The average Bonchev–Trinajstić information content (AvgIpc) is 3.02. The minimum atomic E-state index is -4.73. The number of nitrogens with one attached hydrogen (secondary N) is 2. The van der Waals surface area contributed by atoms with Gasteiger partial charge in [-0.25, -0.2) is 13.2 Å². The molecule has 0 radical (unpaired) electrons. The molecule has 2 saturated heterocycles. The summed E-state index contributed by atoms with van der Waals surface area (Å²) < 4.78 is 65.5. The van der Waals surface area contributed by atoms with E-state index in [0.29, 0.717) is 12.1 Å². The summed E-state index contributed by atoms with van der Waals surface area (Å²) >= 11 is 5.85. The van der Waals surface area contributed by atoms with Crippen LogP contribution >= 0.6 is 11.6 Å². The average molecular weight is 483 g/mol. The van der Waals surface area contributed by atoms with Crippen LogP contribution in [0.1, 0.15) is 18.4 Å². The maximum absolute atomic E-state index is 13.0. The van der Waals surface area contributed by atoms with Crippen molar-refractivity contribution >= 4 is 39.5 Å². The third-order valence-corrected chi connectivity index (χ3v) is 7.35. The van der Waals surface area contributed by atoms with Crippen molar-refractivity contribution in [2.75, 3.05) is 26.2 Å². The molecular formula is C17H18ClF3N4O5S. The Labute approximate surface area is 180 Å². The number of hydrogen-bond acceptors (Lipinski definition) is 5. The van der Waals surface area contributed by atoms with Crippen molar-refractivity contribution in [1.82, 2.24) is 19.8 Å². The molecule has 2 aliphatic rings. The number of imide groups is 1. The van der Waals surface area contributed by atoms with E-state index in [1.165, 1.54) is 4.90 Å². The topological polar surface area (TPSA) is 116 Å². The van der Waals surface area contributed by atoms with Crippen LogP contribution in [-0.4, -0.2) is 67.7 Å². The summed E-state index contributed by atoms with van der Waals surface area (Å²) in [5.74, 6) is -0.852. The number of urea groups is 1. The molecule has 2 heterocycles. The number of amides is 4. The minimum Gasteiger partial charge on any atom is -0.340 e. The van der Waals surface area contributed by atoms with Crippen LogP contribution in [0.3, 0.4) is 0 Å². The van der Waals surface area contributed by atoms with Gasteiger partial charge < -0.3 is 10.2 Å². The Morgan fingerprint density at radius 3 is 2.35 bits per heavy atom. The van der Waals surface area contributed by atoms with Crippen LogP contribution in [-0.2, 0) is 25.8 Å². The predicted molar refractivity (Wildman–Crippen MR) is 101 cm³/mol. The van der Waals surface area contributed by atoms with Crippen molar-refractivity contribution in [3.05, 3.63) is 28.8 Å². The number of sulfonamides is 1. The maximum Gasteiger partial charge on any atom is 0.416 e. The molecule has 31 heavy (non-hydrogen) atoms. The molecule has 0 aromatic heterocycles. The molecule has 0 aliphatic carbocycles. The molecule has 1 aromatic carbocycles. The number of alkyl halides is 3. The van der Waals surface area contributed by atoms with Gasteiger partial charge in [0, 0.05) is 32.6 Å². The van der Waals surface area contributed by atoms with Crippen molar-refractivity contribution in [2.24, 2.45) is 0 Å². The first-order chi connectivity index (χ1) is 14.4. The van der Waals surface area contributed by atoms with Crippen molar-refractivity contribution in [2.45, 2.75) is 30.0 Å². The number of halogens is 4. The second kappa shape index (κ2) is 8.63. The van der Waals surface area contributed by atoms with Crippen molar-refractivity contribution in [1.29, 1.82) is 0 Å². The van der Waals surface area contributed by atoms with Gasteiger partial charge in [0.15, 0.2) is 0 Å². The van der Waals surface area contributed by atoms with Gasteiger partial charge in [0.25, 0.3) is 5.91 Å². The third kappa shape index (κ3) is 5.10. The molecule has 2 fully saturated rings. The molecule has 170 valence electrons. The smallest absolute Gasteiger partial charge is 0.340 e. The van der Waals surface area contributed by atoms with Gasteiger partial charge in [-0.1, -0.05) is 11.6 Å². The summed E-state index contributed by atoms with van der Waals surface area (Å²) in [5, 5.41) is 4.10. The van der Waals surface area contributed by atoms with E-state index in [-0.39, 0.29) is 50.0 Å². The third-order valence-electron chi connectivity index (χ3n) is 4.97. The second-order valence-electron chi connectivity index (χ2n) is 6.98. The van der Waals surface area contributed by atoms with Gasteiger partial charge in [-0.15, -0.1) is 0 Å². The van der Waals surface area contributed by atoms with Crippen LogP contribution < -0.4 is 10.6 Å². The SMILES string of the molecule is O=C1NC(=O)C(CCC(=O)N2CCN(S(=O)(=O)c3cc(C(F)(F)F)ccc3Cl)CC2)N1. The van der Waals surface area contributed by atoms with Crippen molar-refractivity contribution < 1.29 is 36.0 Å². The molecule has 1 unspecified atom stereocenters. The van der Waals surface area contributed by atoms with E-state index < -0.39 is 44.6 Å². The molecule has 1 aromatic rings. The zero-order valence-electron chi connectivity index (χ0n) is 15.9. The van der Waals surface area contributed by atoms with E-state index in [0.717, 1.165) is 10.4 Å². The molecule has 0 saturated carbocycles. The molecule has 0 bridgehead atoms. The summed E-state index contributed by atoms with van der Waals surface area (Å²) in [6, 6.07) is 0.645. The van der Waals surface area contributed by atoms with Gasteiger partial charge in [0.05, 0.1) is 10.6 Å². The molecule has 4 amide bonds. The summed E-state index contributed by atoms with van der Waals surface area (Å²) in [7, 11) is -4.30. The van der Waals surface area contributed by atoms with Gasteiger partial charge in [-0.05, 0) is 24.6 Å². The zero-order chi connectivity index (χ0) is 23.0. The molecule has 2 aliphatic heterocycles. The summed E-state index contributed by atoms with van der Waals surface area (Å²) in [6.07, 6.45) is -4.67. The fourth-order valence-corrected chi connectivity index (χ4v) is 5.20. The van der Waals surface area contributed by atoms with Crippen LogP contribution in [0, 0.1) is 0 Å². The first-order valence-electron chi connectivity index (χ1n) is 9.15. The number of piperazine rings is 1. The largest absolute Gasteiger partial charge is 0.416 e. The van der Waals surface area contributed by atoms with Crippen LogP contribution in [0.4, 0.5) is 18.0 Å². The monoisotopic (exact) mass is 482 g/mol. The van der Waals surface area contributed by atoms with Gasteiger partial charge in [-0.2, -0.15) is 17.5 Å². The maximum atomic E-state index is 13.0. The molecule has 2 N–H and O–H groups in total. The number of carbonyl (C=O) groups excluding carboxylic acids is 3. The second-order valence-corrected chi connectivity index (χ2v) is 9.30. The Hall–Kier alpha value is -2.38. The molecule has 3 rings (SSSR count). The van der Waals surface area contributed by atoms with Crippen LogP contribution in [0.5, 0.6) is 0 Å².